The zero-order chi connectivity index (χ0) is 17.7. The number of rotatable bonds is 6. The lowest BCUT2D eigenvalue weighted by Crippen LogP contribution is -2.35. The van der Waals surface area contributed by atoms with Crippen LogP contribution in [-0.2, 0) is 0 Å². The number of aliphatic hydroxyl groups is 1. The molecule has 0 aliphatic carbocycles. The van der Waals surface area contributed by atoms with Crippen molar-refractivity contribution in [1.82, 2.24) is 0 Å². The lowest BCUT2D eigenvalue weighted by Gasteiger charge is -2.25. The van der Waals surface area contributed by atoms with Gasteiger partial charge in [0.1, 0.15) is 23.7 Å². The molecule has 0 amide bonds. The SMILES string of the molecule is CC(O)[C@@H](N)C[C@@H](Oc1cc(Cl)c(F)cc1C#N)c1ccccc1. The summed E-state index contributed by atoms with van der Waals surface area (Å²) in [6, 6.07) is 13.0. The Bertz CT molecular complexity index is 732. The highest BCUT2D eigenvalue weighted by Crippen LogP contribution is 2.32. The van der Waals surface area contributed by atoms with Gasteiger partial charge in [-0.1, -0.05) is 41.9 Å². The number of benzene rings is 2. The molecule has 126 valence electrons. The van der Waals surface area contributed by atoms with Crippen molar-refractivity contribution in [3.63, 3.8) is 0 Å². The van der Waals surface area contributed by atoms with Crippen LogP contribution >= 0.6 is 11.6 Å². The highest BCUT2D eigenvalue weighted by Gasteiger charge is 2.22. The number of halogens is 2. The molecule has 0 aromatic heterocycles. The number of hydrogen-bond acceptors (Lipinski definition) is 4. The molecule has 0 aliphatic rings. The van der Waals surface area contributed by atoms with Gasteiger partial charge in [-0.05, 0) is 18.6 Å². The molecule has 3 N–H and O–H groups in total. The molecule has 0 saturated carbocycles. The molecule has 0 fully saturated rings. The van der Waals surface area contributed by atoms with Crippen molar-refractivity contribution < 1.29 is 14.2 Å². The van der Waals surface area contributed by atoms with E-state index >= 15 is 0 Å². The second-order valence-corrected chi connectivity index (χ2v) is 5.94. The van der Waals surface area contributed by atoms with Gasteiger partial charge in [-0.15, -0.1) is 0 Å². The maximum absolute atomic E-state index is 13.5. The van der Waals surface area contributed by atoms with E-state index in [4.69, 9.17) is 22.1 Å². The number of hydrogen-bond donors (Lipinski definition) is 2. The predicted octanol–water partition coefficient (Wildman–Crippen LogP) is 3.57. The zero-order valence-corrected chi connectivity index (χ0v) is 13.9. The molecule has 2 aromatic carbocycles. The Labute approximate surface area is 145 Å². The molecule has 4 nitrogen and oxygen atoms in total. The minimum absolute atomic E-state index is 0.0449. The molecule has 0 radical (unpaired) electrons. The Morgan fingerprint density at radius 3 is 2.58 bits per heavy atom. The third kappa shape index (κ3) is 4.45. The molecule has 2 aromatic rings. The molecular formula is C18H18ClFN2O2. The van der Waals surface area contributed by atoms with Crippen LogP contribution in [0.25, 0.3) is 0 Å². The van der Waals surface area contributed by atoms with E-state index in [1.54, 1.807) is 6.92 Å². The lowest BCUT2D eigenvalue weighted by molar-refractivity contribution is 0.117. The number of aliphatic hydroxyl groups excluding tert-OH is 1. The van der Waals surface area contributed by atoms with Gasteiger partial charge < -0.3 is 15.6 Å². The van der Waals surface area contributed by atoms with Gasteiger partial charge in [0, 0.05) is 18.5 Å². The first-order chi connectivity index (χ1) is 11.4. The fraction of sp³-hybridized carbons (Fsp3) is 0.278. The van der Waals surface area contributed by atoms with Gasteiger partial charge in [0.25, 0.3) is 0 Å². The smallest absolute Gasteiger partial charge is 0.143 e. The van der Waals surface area contributed by atoms with Crippen LogP contribution in [0.15, 0.2) is 42.5 Å². The Hall–Kier alpha value is -2.13. The molecular weight excluding hydrogens is 331 g/mol. The summed E-state index contributed by atoms with van der Waals surface area (Å²) in [6.45, 7) is 1.60. The third-order valence-corrected chi connectivity index (χ3v) is 3.98. The standard InChI is InChI=1S/C18H18ClFN2O2/c1-11(23)16(22)9-18(12-5-3-2-4-6-12)24-17-8-14(19)15(20)7-13(17)10-21/h2-8,11,16,18,23H,9,22H2,1H3/t11?,16-,18+/m0/s1. The summed E-state index contributed by atoms with van der Waals surface area (Å²) in [7, 11) is 0. The predicted molar refractivity (Wildman–Crippen MR) is 90.2 cm³/mol. The molecule has 24 heavy (non-hydrogen) atoms. The van der Waals surface area contributed by atoms with E-state index in [-0.39, 0.29) is 16.3 Å². The normalized spacial score (nSPS) is 14.5. The topological polar surface area (TPSA) is 79.3 Å². The number of nitrogens with zero attached hydrogens (tertiary/aromatic N) is 1. The quantitative estimate of drug-likeness (QED) is 0.836. The number of ether oxygens (including phenoxy) is 1. The minimum Gasteiger partial charge on any atom is -0.484 e. The van der Waals surface area contributed by atoms with E-state index in [9.17, 15) is 14.8 Å². The van der Waals surface area contributed by atoms with E-state index < -0.39 is 24.1 Å². The van der Waals surface area contributed by atoms with Crippen LogP contribution in [0.2, 0.25) is 5.02 Å². The summed E-state index contributed by atoms with van der Waals surface area (Å²) < 4.78 is 19.4. The Morgan fingerprint density at radius 1 is 1.33 bits per heavy atom. The van der Waals surface area contributed by atoms with Crippen molar-refractivity contribution in [1.29, 1.82) is 5.26 Å². The van der Waals surface area contributed by atoms with E-state index in [0.717, 1.165) is 11.6 Å². The van der Waals surface area contributed by atoms with Gasteiger partial charge in [-0.25, -0.2) is 4.39 Å². The molecule has 0 bridgehead atoms. The van der Waals surface area contributed by atoms with E-state index in [1.807, 2.05) is 36.4 Å². The first-order valence-corrected chi connectivity index (χ1v) is 7.84. The molecule has 0 spiro atoms. The van der Waals surface area contributed by atoms with Gasteiger partial charge in [-0.2, -0.15) is 5.26 Å². The third-order valence-electron chi connectivity index (χ3n) is 3.69. The summed E-state index contributed by atoms with van der Waals surface area (Å²) in [5, 5.41) is 18.7. The van der Waals surface area contributed by atoms with Crippen LogP contribution in [0.4, 0.5) is 4.39 Å². The van der Waals surface area contributed by atoms with E-state index in [1.165, 1.54) is 6.07 Å². The van der Waals surface area contributed by atoms with Gasteiger partial charge in [0.05, 0.1) is 16.7 Å². The fourth-order valence-corrected chi connectivity index (χ4v) is 2.38. The highest BCUT2D eigenvalue weighted by atomic mass is 35.5. The summed E-state index contributed by atoms with van der Waals surface area (Å²) >= 11 is 5.80. The first kappa shape index (κ1) is 18.2. The van der Waals surface area contributed by atoms with Gasteiger partial charge in [0.2, 0.25) is 0 Å². The average Bonchev–Trinajstić information content (AvgIpc) is 2.57. The number of nitriles is 1. The molecule has 0 heterocycles. The maximum atomic E-state index is 13.5. The maximum Gasteiger partial charge on any atom is 0.143 e. The highest BCUT2D eigenvalue weighted by molar-refractivity contribution is 6.30. The molecule has 0 aliphatic heterocycles. The van der Waals surface area contributed by atoms with Gasteiger partial charge in [-0.3, -0.25) is 0 Å². The lowest BCUT2D eigenvalue weighted by atomic mass is 9.99. The monoisotopic (exact) mass is 348 g/mol. The van der Waals surface area contributed by atoms with E-state index in [2.05, 4.69) is 0 Å². The largest absolute Gasteiger partial charge is 0.484 e. The summed E-state index contributed by atoms with van der Waals surface area (Å²) in [4.78, 5) is 0. The van der Waals surface area contributed by atoms with Crippen molar-refractivity contribution in [2.75, 3.05) is 0 Å². The average molecular weight is 349 g/mol. The molecule has 6 heteroatoms. The minimum atomic E-state index is -0.716. The van der Waals surface area contributed by atoms with Crippen LogP contribution in [0, 0.1) is 17.1 Å². The first-order valence-electron chi connectivity index (χ1n) is 7.46. The van der Waals surface area contributed by atoms with Crippen molar-refractivity contribution in [2.45, 2.75) is 31.6 Å². The molecule has 1 unspecified atom stereocenters. The second kappa shape index (κ2) is 8.11. The van der Waals surface area contributed by atoms with Crippen LogP contribution in [-0.4, -0.2) is 17.3 Å². The van der Waals surface area contributed by atoms with Gasteiger partial charge >= 0.3 is 0 Å². The summed E-state index contributed by atoms with van der Waals surface area (Å²) in [6.07, 6.45) is -0.905. The van der Waals surface area contributed by atoms with Crippen LogP contribution in [0.1, 0.15) is 30.6 Å². The van der Waals surface area contributed by atoms with E-state index in [0.29, 0.717) is 6.42 Å². The molecule has 3 atom stereocenters. The fourth-order valence-electron chi connectivity index (χ4n) is 2.23. The van der Waals surface area contributed by atoms with Crippen LogP contribution in [0.3, 0.4) is 0 Å². The Balaban J connectivity index is 2.35. The Morgan fingerprint density at radius 2 is 2.00 bits per heavy atom. The second-order valence-electron chi connectivity index (χ2n) is 5.53. The Kier molecular flexibility index (Phi) is 6.16. The molecule has 2 rings (SSSR count). The number of nitrogens with two attached hydrogens (primary N) is 1. The van der Waals surface area contributed by atoms with Crippen molar-refractivity contribution in [2.24, 2.45) is 5.73 Å². The summed E-state index contributed by atoms with van der Waals surface area (Å²) in [5.41, 5.74) is 6.83. The van der Waals surface area contributed by atoms with Crippen LogP contribution < -0.4 is 10.5 Å². The summed E-state index contributed by atoms with van der Waals surface area (Å²) in [5.74, 6) is -0.506. The zero-order valence-electron chi connectivity index (χ0n) is 13.1. The molecule has 0 saturated heterocycles. The van der Waals surface area contributed by atoms with Crippen molar-refractivity contribution >= 4 is 11.6 Å². The van der Waals surface area contributed by atoms with Crippen molar-refractivity contribution in [3.05, 3.63) is 64.4 Å². The van der Waals surface area contributed by atoms with Gasteiger partial charge in [0.15, 0.2) is 0 Å². The van der Waals surface area contributed by atoms with Crippen molar-refractivity contribution in [3.8, 4) is 11.8 Å². The van der Waals surface area contributed by atoms with Crippen LogP contribution in [0.5, 0.6) is 5.75 Å².